The van der Waals surface area contributed by atoms with Crippen LogP contribution in [0.5, 0.6) is 0 Å². The summed E-state index contributed by atoms with van der Waals surface area (Å²) in [5, 5.41) is 2.15. The molecule has 1 aromatic rings. The molecule has 1 aromatic carbocycles. The van der Waals surface area contributed by atoms with Crippen LogP contribution in [0.3, 0.4) is 0 Å². The zero-order chi connectivity index (χ0) is 17.1. The molecule has 0 spiro atoms. The maximum Gasteiger partial charge on any atom is 0.339 e. The average molecular weight is 660 g/mol. The van der Waals surface area contributed by atoms with E-state index >= 15 is 0 Å². The van der Waals surface area contributed by atoms with Gasteiger partial charge in [0.15, 0.2) is 0 Å². The molecule has 130 valence electrons. The predicted octanol–water partition coefficient (Wildman–Crippen LogP) is 2.27. The summed E-state index contributed by atoms with van der Waals surface area (Å²) in [4.78, 5) is 12.1. The Morgan fingerprint density at radius 1 is 1.04 bits per heavy atom. The maximum absolute atomic E-state index is 12.1. The number of carbonyl (C=O) groups excluding carboxylic acids is 1. The number of carbonyl (C=O) groups is 1. The Labute approximate surface area is 178 Å². The summed E-state index contributed by atoms with van der Waals surface area (Å²) in [5.41, 5.74) is 0.617. The SMILES string of the molecule is CCOCC[NH2+]CCOCCOC(=O)c1cc(I)cc(I)c1I. The lowest BCUT2D eigenvalue weighted by Gasteiger charge is -2.09. The molecule has 0 saturated carbocycles. The molecule has 0 bridgehead atoms. The van der Waals surface area contributed by atoms with E-state index in [2.05, 4.69) is 73.1 Å². The number of esters is 1. The second kappa shape index (κ2) is 13.0. The van der Waals surface area contributed by atoms with Crippen LogP contribution in [0.2, 0.25) is 0 Å². The van der Waals surface area contributed by atoms with Crippen molar-refractivity contribution < 1.29 is 24.3 Å². The van der Waals surface area contributed by atoms with Crippen LogP contribution in [-0.4, -0.2) is 52.1 Å². The number of quaternary nitrogens is 1. The Kier molecular flexibility index (Phi) is 12.4. The fourth-order valence-corrected chi connectivity index (χ4v) is 4.08. The molecule has 0 aromatic heterocycles. The molecule has 1 rings (SSSR count). The van der Waals surface area contributed by atoms with Gasteiger partial charge in [-0.05, 0) is 86.8 Å². The van der Waals surface area contributed by atoms with Crippen molar-refractivity contribution in [1.29, 1.82) is 0 Å². The fourth-order valence-electron chi connectivity index (χ4n) is 1.70. The summed E-state index contributed by atoms with van der Waals surface area (Å²) in [7, 11) is 0. The molecule has 2 N–H and O–H groups in total. The molecule has 0 unspecified atom stereocenters. The number of benzene rings is 1. The van der Waals surface area contributed by atoms with E-state index < -0.39 is 0 Å². The summed E-state index contributed by atoms with van der Waals surface area (Å²) >= 11 is 6.60. The van der Waals surface area contributed by atoms with E-state index in [0.717, 1.165) is 37.0 Å². The second-order valence-corrected chi connectivity index (χ2v) is 8.05. The van der Waals surface area contributed by atoms with Crippen LogP contribution in [0.1, 0.15) is 17.3 Å². The number of rotatable bonds is 11. The maximum atomic E-state index is 12.1. The van der Waals surface area contributed by atoms with Crippen LogP contribution in [0.4, 0.5) is 0 Å². The average Bonchev–Trinajstić information content (AvgIpc) is 2.52. The minimum Gasteiger partial charge on any atom is -0.460 e. The monoisotopic (exact) mass is 660 g/mol. The molecule has 23 heavy (non-hydrogen) atoms. The number of nitrogens with two attached hydrogens (primary N) is 1. The van der Waals surface area contributed by atoms with Gasteiger partial charge in [0, 0.05) is 17.3 Å². The van der Waals surface area contributed by atoms with Crippen LogP contribution in [-0.2, 0) is 14.2 Å². The van der Waals surface area contributed by atoms with Gasteiger partial charge in [-0.2, -0.15) is 0 Å². The minimum atomic E-state index is -0.294. The number of halogens is 3. The third-order valence-corrected chi connectivity index (χ3v) is 6.48. The molecule has 0 aliphatic carbocycles. The van der Waals surface area contributed by atoms with Gasteiger partial charge in [0.2, 0.25) is 0 Å². The first kappa shape index (κ1) is 21.8. The second-order valence-electron chi connectivity index (χ2n) is 4.56. The highest BCUT2D eigenvalue weighted by Gasteiger charge is 2.14. The van der Waals surface area contributed by atoms with E-state index in [-0.39, 0.29) is 12.6 Å². The first-order valence-corrected chi connectivity index (χ1v) is 10.6. The van der Waals surface area contributed by atoms with Crippen LogP contribution < -0.4 is 5.32 Å². The molecule has 0 radical (unpaired) electrons. The van der Waals surface area contributed by atoms with Gasteiger partial charge < -0.3 is 19.5 Å². The van der Waals surface area contributed by atoms with E-state index in [0.29, 0.717) is 18.8 Å². The molecule has 0 amide bonds. The Balaban J connectivity index is 2.15. The van der Waals surface area contributed by atoms with Crippen molar-refractivity contribution in [2.24, 2.45) is 0 Å². The highest BCUT2D eigenvalue weighted by molar-refractivity contribution is 14.1. The normalized spacial score (nSPS) is 10.8. The molecule has 5 nitrogen and oxygen atoms in total. The summed E-state index contributed by atoms with van der Waals surface area (Å²) in [6, 6.07) is 3.88. The minimum absolute atomic E-state index is 0.274. The van der Waals surface area contributed by atoms with Gasteiger partial charge in [0.1, 0.15) is 6.61 Å². The van der Waals surface area contributed by atoms with Crippen LogP contribution in [0.25, 0.3) is 0 Å². The Hall–Kier alpha value is 0.760. The molecule has 0 aliphatic rings. The van der Waals surface area contributed by atoms with E-state index in [1.807, 2.05) is 19.1 Å². The van der Waals surface area contributed by atoms with Gasteiger partial charge in [0.25, 0.3) is 0 Å². The molecule has 0 saturated heterocycles. The summed E-state index contributed by atoms with van der Waals surface area (Å²) < 4.78 is 19.0. The van der Waals surface area contributed by atoms with Crippen LogP contribution >= 0.6 is 67.8 Å². The lowest BCUT2D eigenvalue weighted by Crippen LogP contribution is -2.86. The topological polar surface area (TPSA) is 61.4 Å². The van der Waals surface area contributed by atoms with Crippen molar-refractivity contribution >= 4 is 73.7 Å². The largest absolute Gasteiger partial charge is 0.460 e. The highest BCUT2D eigenvalue weighted by atomic mass is 127. The highest BCUT2D eigenvalue weighted by Crippen LogP contribution is 2.23. The smallest absolute Gasteiger partial charge is 0.339 e. The standard InChI is InChI=1S/C15H20I3NO4/c1-2-21-5-3-19-4-6-22-7-8-23-15(20)12-9-11(16)10-13(17)14(12)18/h9-10,19H,2-8H2,1H3/p+1. The lowest BCUT2D eigenvalue weighted by atomic mass is 10.2. The van der Waals surface area contributed by atoms with Gasteiger partial charge in [-0.3, -0.25) is 0 Å². The third kappa shape index (κ3) is 9.14. The van der Waals surface area contributed by atoms with Crippen LogP contribution in [0.15, 0.2) is 12.1 Å². The first-order chi connectivity index (χ1) is 11.1. The zero-order valence-electron chi connectivity index (χ0n) is 12.9. The Bertz CT molecular complexity index is 500. The van der Waals surface area contributed by atoms with Crippen molar-refractivity contribution in [2.75, 3.05) is 46.1 Å². The molecule has 0 heterocycles. The van der Waals surface area contributed by atoms with Gasteiger partial charge in [-0.15, -0.1) is 0 Å². The van der Waals surface area contributed by atoms with Gasteiger partial charge in [-0.1, -0.05) is 0 Å². The first-order valence-electron chi connectivity index (χ1n) is 7.35. The van der Waals surface area contributed by atoms with E-state index in [1.165, 1.54) is 0 Å². The molecular formula is C15H21I3NO4+. The Morgan fingerprint density at radius 2 is 1.74 bits per heavy atom. The van der Waals surface area contributed by atoms with Crippen molar-refractivity contribution in [3.63, 3.8) is 0 Å². The third-order valence-electron chi connectivity index (χ3n) is 2.81. The van der Waals surface area contributed by atoms with Crippen molar-refractivity contribution in [3.8, 4) is 0 Å². The van der Waals surface area contributed by atoms with Gasteiger partial charge in [-0.25, -0.2) is 4.79 Å². The Morgan fingerprint density at radius 3 is 2.43 bits per heavy atom. The number of ether oxygens (including phenoxy) is 3. The number of hydrogen-bond acceptors (Lipinski definition) is 4. The molecule has 8 heteroatoms. The lowest BCUT2D eigenvalue weighted by molar-refractivity contribution is -0.657. The van der Waals surface area contributed by atoms with E-state index in [9.17, 15) is 4.79 Å². The zero-order valence-corrected chi connectivity index (χ0v) is 19.4. The summed E-state index contributed by atoms with van der Waals surface area (Å²) in [6.07, 6.45) is 0. The molecule has 0 fully saturated rings. The predicted molar refractivity (Wildman–Crippen MR) is 114 cm³/mol. The van der Waals surface area contributed by atoms with Gasteiger partial charge in [0.05, 0.1) is 38.5 Å². The molecular weight excluding hydrogens is 639 g/mol. The van der Waals surface area contributed by atoms with Crippen molar-refractivity contribution in [1.82, 2.24) is 0 Å². The van der Waals surface area contributed by atoms with Crippen molar-refractivity contribution in [3.05, 3.63) is 28.4 Å². The van der Waals surface area contributed by atoms with E-state index in [4.69, 9.17) is 14.2 Å². The summed E-state index contributed by atoms with van der Waals surface area (Å²) in [5.74, 6) is -0.294. The quantitative estimate of drug-likeness (QED) is 0.172. The van der Waals surface area contributed by atoms with E-state index in [1.54, 1.807) is 0 Å². The fraction of sp³-hybridized carbons (Fsp3) is 0.533. The van der Waals surface area contributed by atoms with Gasteiger partial charge >= 0.3 is 5.97 Å². The van der Waals surface area contributed by atoms with Crippen LogP contribution in [0, 0.1) is 10.7 Å². The number of hydrogen-bond donors (Lipinski definition) is 1. The summed E-state index contributed by atoms with van der Waals surface area (Å²) in [6.45, 7) is 6.67. The molecule has 0 atom stereocenters. The van der Waals surface area contributed by atoms with Crippen molar-refractivity contribution in [2.45, 2.75) is 6.92 Å². The molecule has 0 aliphatic heterocycles.